The van der Waals surface area contributed by atoms with Crippen LogP contribution in [0.25, 0.3) is 6.08 Å². The predicted octanol–water partition coefficient (Wildman–Crippen LogP) is 4.26. The van der Waals surface area contributed by atoms with Crippen LogP contribution in [0.2, 0.25) is 0 Å². The summed E-state index contributed by atoms with van der Waals surface area (Å²) in [5, 5.41) is 12.8. The Bertz CT molecular complexity index is 1710. The van der Waals surface area contributed by atoms with E-state index in [0.29, 0.717) is 27.4 Å². The van der Waals surface area contributed by atoms with Crippen LogP contribution in [0.4, 0.5) is 11.4 Å². The second kappa shape index (κ2) is 13.7. The Morgan fingerprint density at radius 1 is 0.881 bits per heavy atom. The fourth-order valence-corrected chi connectivity index (χ4v) is 5.09. The van der Waals surface area contributed by atoms with Crippen LogP contribution in [0, 0.1) is 0 Å². The number of thioether (sulfide) groups is 1. The van der Waals surface area contributed by atoms with Gasteiger partial charge in [-0.2, -0.15) is 0 Å². The summed E-state index contributed by atoms with van der Waals surface area (Å²) in [6.07, 6.45) is 4.71. The summed E-state index contributed by atoms with van der Waals surface area (Å²) in [5.41, 5.74) is 1.93. The van der Waals surface area contributed by atoms with Crippen LogP contribution >= 0.6 is 11.8 Å². The smallest absolute Gasteiger partial charge is 0.272 e. The summed E-state index contributed by atoms with van der Waals surface area (Å²) in [4.78, 5) is 43.6. The van der Waals surface area contributed by atoms with Gasteiger partial charge in [-0.05, 0) is 79.2 Å². The minimum Gasteiger partial charge on any atom is -0.325 e. The van der Waals surface area contributed by atoms with E-state index < -0.39 is 27.1 Å². The molecule has 1 heterocycles. The number of anilines is 2. The van der Waals surface area contributed by atoms with Gasteiger partial charge in [0.15, 0.2) is 0 Å². The molecule has 0 aliphatic carbocycles. The Labute approximate surface area is 247 Å². The molecule has 4 aromatic rings. The standard InChI is InChI=1S/C30H27N5O5S2/c1-20(28(36)33-23-12-14-26(15-13-23)42(31,39)40)41-25-11-5-10-24(18-25)34-30(38)27(17-21-7-6-16-32-19-21)35-29(37)22-8-3-2-4-9-22/h2-20H,1H3,(H,33,36)(H,34,38)(H,35,37)(H2,31,39,40)/b27-17-. The average Bonchev–Trinajstić information content (AvgIpc) is 2.97. The number of carbonyl (C=O) groups excluding carboxylic acids is 3. The molecule has 4 rings (SSSR count). The van der Waals surface area contributed by atoms with Crippen molar-refractivity contribution in [3.8, 4) is 0 Å². The van der Waals surface area contributed by atoms with Crippen LogP contribution in [0.5, 0.6) is 0 Å². The summed E-state index contributed by atoms with van der Waals surface area (Å²) in [6, 6.07) is 24.5. The van der Waals surface area contributed by atoms with Gasteiger partial charge in [0.05, 0.1) is 10.1 Å². The lowest BCUT2D eigenvalue weighted by molar-refractivity contribution is -0.115. The maximum absolute atomic E-state index is 13.3. The molecule has 0 fully saturated rings. The highest BCUT2D eigenvalue weighted by Crippen LogP contribution is 2.27. The number of hydrogen-bond donors (Lipinski definition) is 4. The predicted molar refractivity (Wildman–Crippen MR) is 163 cm³/mol. The topological polar surface area (TPSA) is 160 Å². The molecule has 42 heavy (non-hydrogen) atoms. The molecule has 0 aliphatic rings. The molecule has 0 radical (unpaired) electrons. The highest BCUT2D eigenvalue weighted by atomic mass is 32.2. The quantitative estimate of drug-likeness (QED) is 0.156. The number of nitrogens with two attached hydrogens (primary N) is 1. The van der Waals surface area contributed by atoms with Gasteiger partial charge in [-0.3, -0.25) is 19.4 Å². The third-order valence-corrected chi connectivity index (χ3v) is 7.77. The zero-order chi connectivity index (χ0) is 30.1. The number of hydrogen-bond acceptors (Lipinski definition) is 7. The molecule has 0 aliphatic heterocycles. The molecule has 214 valence electrons. The lowest BCUT2D eigenvalue weighted by atomic mass is 10.2. The fourth-order valence-electron chi connectivity index (χ4n) is 3.65. The number of aromatic nitrogens is 1. The second-order valence-electron chi connectivity index (χ2n) is 8.97. The molecule has 3 aromatic carbocycles. The second-order valence-corrected chi connectivity index (χ2v) is 11.9. The fraction of sp³-hybridized carbons (Fsp3) is 0.0667. The van der Waals surface area contributed by atoms with Crippen LogP contribution in [0.15, 0.2) is 119 Å². The number of sulfonamides is 1. The van der Waals surface area contributed by atoms with E-state index >= 15 is 0 Å². The molecular formula is C30H27N5O5S2. The van der Waals surface area contributed by atoms with Crippen molar-refractivity contribution < 1.29 is 22.8 Å². The summed E-state index contributed by atoms with van der Waals surface area (Å²) < 4.78 is 22.9. The first-order valence-corrected chi connectivity index (χ1v) is 15.0. The minimum absolute atomic E-state index is 0.0242. The third-order valence-electron chi connectivity index (χ3n) is 5.75. The van der Waals surface area contributed by atoms with E-state index in [1.165, 1.54) is 42.1 Å². The third kappa shape index (κ3) is 8.61. The molecule has 0 saturated heterocycles. The van der Waals surface area contributed by atoms with Gasteiger partial charge >= 0.3 is 0 Å². The Hall–Kier alpha value is -4.78. The number of primary sulfonamides is 1. The van der Waals surface area contributed by atoms with Gasteiger partial charge in [-0.1, -0.05) is 30.3 Å². The first-order chi connectivity index (χ1) is 20.1. The molecule has 12 heteroatoms. The van der Waals surface area contributed by atoms with E-state index in [1.54, 1.807) is 86.0 Å². The van der Waals surface area contributed by atoms with Gasteiger partial charge in [0, 0.05) is 34.2 Å². The Morgan fingerprint density at radius 3 is 2.29 bits per heavy atom. The molecule has 1 aromatic heterocycles. The van der Waals surface area contributed by atoms with Crippen LogP contribution in [-0.4, -0.2) is 36.4 Å². The van der Waals surface area contributed by atoms with Crippen LogP contribution in [-0.2, 0) is 19.6 Å². The van der Waals surface area contributed by atoms with E-state index in [9.17, 15) is 22.8 Å². The lowest BCUT2D eigenvalue weighted by Gasteiger charge is -2.14. The maximum Gasteiger partial charge on any atom is 0.272 e. The van der Waals surface area contributed by atoms with Gasteiger partial charge in [0.1, 0.15) is 5.70 Å². The highest BCUT2D eigenvalue weighted by Gasteiger charge is 2.18. The number of benzene rings is 3. The Kier molecular flexibility index (Phi) is 9.86. The summed E-state index contributed by atoms with van der Waals surface area (Å²) >= 11 is 1.27. The zero-order valence-electron chi connectivity index (χ0n) is 22.4. The maximum atomic E-state index is 13.3. The molecule has 0 bridgehead atoms. The van der Waals surface area contributed by atoms with E-state index in [4.69, 9.17) is 5.14 Å². The van der Waals surface area contributed by atoms with Crippen molar-refractivity contribution >= 4 is 57.0 Å². The van der Waals surface area contributed by atoms with Crippen LogP contribution < -0.4 is 21.1 Å². The molecule has 10 nitrogen and oxygen atoms in total. The van der Waals surface area contributed by atoms with Crippen molar-refractivity contribution in [2.24, 2.45) is 5.14 Å². The first kappa shape index (κ1) is 30.2. The van der Waals surface area contributed by atoms with Crippen molar-refractivity contribution in [3.63, 3.8) is 0 Å². The largest absolute Gasteiger partial charge is 0.325 e. The SMILES string of the molecule is CC(Sc1cccc(NC(=O)/C(=C/c2cccnc2)NC(=O)c2ccccc2)c1)C(=O)Nc1ccc(S(N)(=O)=O)cc1. The monoisotopic (exact) mass is 601 g/mol. The zero-order valence-corrected chi connectivity index (χ0v) is 24.0. The van der Waals surface area contributed by atoms with Crippen LogP contribution in [0.3, 0.4) is 0 Å². The van der Waals surface area contributed by atoms with Gasteiger partial charge < -0.3 is 16.0 Å². The van der Waals surface area contributed by atoms with E-state index in [0.717, 1.165) is 0 Å². The van der Waals surface area contributed by atoms with Gasteiger partial charge in [-0.25, -0.2) is 13.6 Å². The Morgan fingerprint density at radius 2 is 1.62 bits per heavy atom. The van der Waals surface area contributed by atoms with E-state index in [-0.39, 0.29) is 16.5 Å². The average molecular weight is 602 g/mol. The summed E-state index contributed by atoms with van der Waals surface area (Å²) in [5.74, 6) is -1.29. The highest BCUT2D eigenvalue weighted by molar-refractivity contribution is 8.00. The molecule has 5 N–H and O–H groups in total. The minimum atomic E-state index is -3.83. The number of nitrogens with zero attached hydrogens (tertiary/aromatic N) is 1. The van der Waals surface area contributed by atoms with Gasteiger partial charge in [-0.15, -0.1) is 11.8 Å². The van der Waals surface area contributed by atoms with E-state index in [1.807, 2.05) is 0 Å². The van der Waals surface area contributed by atoms with Crippen LogP contribution in [0.1, 0.15) is 22.8 Å². The van der Waals surface area contributed by atoms with Crippen molar-refractivity contribution in [1.29, 1.82) is 0 Å². The van der Waals surface area contributed by atoms with Gasteiger partial charge in [0.25, 0.3) is 11.8 Å². The van der Waals surface area contributed by atoms with Crippen molar-refractivity contribution in [2.75, 3.05) is 10.6 Å². The number of pyridine rings is 1. The lowest BCUT2D eigenvalue weighted by Crippen LogP contribution is -2.30. The number of carbonyl (C=O) groups is 3. The van der Waals surface area contributed by atoms with E-state index in [2.05, 4.69) is 20.9 Å². The Balaban J connectivity index is 1.44. The van der Waals surface area contributed by atoms with Crippen molar-refractivity contribution in [2.45, 2.75) is 22.0 Å². The normalized spacial score (nSPS) is 12.2. The number of amides is 3. The number of nitrogens with one attached hydrogen (secondary N) is 3. The first-order valence-electron chi connectivity index (χ1n) is 12.6. The molecule has 1 atom stereocenters. The number of rotatable bonds is 10. The van der Waals surface area contributed by atoms with Crippen molar-refractivity contribution in [1.82, 2.24) is 10.3 Å². The molecule has 0 spiro atoms. The van der Waals surface area contributed by atoms with Gasteiger partial charge in [0.2, 0.25) is 15.9 Å². The molecular weight excluding hydrogens is 574 g/mol. The molecule has 3 amide bonds. The molecule has 0 saturated carbocycles. The summed E-state index contributed by atoms with van der Waals surface area (Å²) in [7, 11) is -3.83. The summed E-state index contributed by atoms with van der Waals surface area (Å²) in [6.45, 7) is 1.72. The molecule has 1 unspecified atom stereocenters. The van der Waals surface area contributed by atoms with Crippen molar-refractivity contribution in [3.05, 3.63) is 120 Å².